The van der Waals surface area contributed by atoms with Crippen LogP contribution in [0, 0.1) is 0 Å². The maximum absolute atomic E-state index is 12.0. The van der Waals surface area contributed by atoms with Crippen molar-refractivity contribution < 1.29 is 19.8 Å². The number of β-amino-alcohol motifs (C(OH)–C–C–N with tert-alkyl or cyclic N) is 1. The van der Waals surface area contributed by atoms with Crippen molar-refractivity contribution in [1.82, 2.24) is 10.2 Å². The number of likely N-dealkylation sites (tertiary alicyclic amines) is 1. The molecule has 6 nitrogen and oxygen atoms in total. The molecule has 0 radical (unpaired) electrons. The zero-order chi connectivity index (χ0) is 13.6. The molecule has 2 fully saturated rings. The number of aliphatic hydroxyl groups excluding tert-OH is 1. The highest BCUT2D eigenvalue weighted by Crippen LogP contribution is 2.39. The molecule has 0 aromatic heterocycles. The molecular formula is C13H14N2O4. The van der Waals surface area contributed by atoms with E-state index in [1.807, 2.05) is 30.3 Å². The van der Waals surface area contributed by atoms with Gasteiger partial charge in [-0.05, 0) is 5.56 Å². The Kier molecular flexibility index (Phi) is 2.50. The monoisotopic (exact) mass is 262 g/mol. The van der Waals surface area contributed by atoms with E-state index in [4.69, 9.17) is 0 Å². The number of rotatable bonds is 2. The molecule has 1 aromatic carbocycles. The SMILES string of the molecule is O=C(O)N1C[C@H](O)[C@H]2NC(=O)[C@]21Cc1ccccc1. The van der Waals surface area contributed by atoms with Crippen LogP contribution in [0.2, 0.25) is 0 Å². The zero-order valence-electron chi connectivity index (χ0n) is 10.1. The molecule has 6 heteroatoms. The Morgan fingerprint density at radius 3 is 2.68 bits per heavy atom. The van der Waals surface area contributed by atoms with Gasteiger partial charge < -0.3 is 15.5 Å². The molecule has 1 aromatic rings. The van der Waals surface area contributed by atoms with Gasteiger partial charge in [0.15, 0.2) is 5.54 Å². The van der Waals surface area contributed by atoms with Crippen LogP contribution in [0.25, 0.3) is 0 Å². The fraction of sp³-hybridized carbons (Fsp3) is 0.385. The predicted octanol–water partition coefficient (Wildman–Crippen LogP) is -0.179. The topological polar surface area (TPSA) is 89.9 Å². The van der Waals surface area contributed by atoms with E-state index in [9.17, 15) is 19.8 Å². The zero-order valence-corrected chi connectivity index (χ0v) is 10.1. The predicted molar refractivity (Wildman–Crippen MR) is 65.5 cm³/mol. The summed E-state index contributed by atoms with van der Waals surface area (Å²) in [5.41, 5.74) is -0.283. The van der Waals surface area contributed by atoms with Crippen LogP contribution in [0.15, 0.2) is 30.3 Å². The molecular weight excluding hydrogens is 248 g/mol. The normalized spacial score (nSPS) is 32.5. The average molecular weight is 262 g/mol. The highest BCUT2D eigenvalue weighted by atomic mass is 16.4. The molecule has 3 N–H and O–H groups in total. The number of carbonyl (C=O) groups excluding carboxylic acids is 1. The minimum atomic E-state index is -1.17. The van der Waals surface area contributed by atoms with Gasteiger partial charge in [-0.25, -0.2) is 4.79 Å². The third kappa shape index (κ3) is 1.53. The molecule has 0 unspecified atom stereocenters. The van der Waals surface area contributed by atoms with Crippen molar-refractivity contribution in [3.63, 3.8) is 0 Å². The van der Waals surface area contributed by atoms with E-state index < -0.39 is 23.8 Å². The summed E-state index contributed by atoms with van der Waals surface area (Å²) in [7, 11) is 0. The number of hydrogen-bond donors (Lipinski definition) is 3. The van der Waals surface area contributed by atoms with Crippen molar-refractivity contribution >= 4 is 12.0 Å². The third-order valence-electron chi connectivity index (χ3n) is 3.98. The number of benzene rings is 1. The summed E-state index contributed by atoms with van der Waals surface area (Å²) in [4.78, 5) is 24.3. The van der Waals surface area contributed by atoms with Crippen LogP contribution >= 0.6 is 0 Å². The average Bonchev–Trinajstić information content (AvgIpc) is 2.61. The van der Waals surface area contributed by atoms with Gasteiger partial charge in [0.2, 0.25) is 5.91 Å². The fourth-order valence-corrected chi connectivity index (χ4v) is 3.05. The third-order valence-corrected chi connectivity index (χ3v) is 3.98. The Hall–Kier alpha value is -2.08. The second-order valence-electron chi connectivity index (χ2n) is 5.00. The summed E-state index contributed by atoms with van der Waals surface area (Å²) in [6.07, 6.45) is -1.74. The lowest BCUT2D eigenvalue weighted by Crippen LogP contribution is -2.78. The highest BCUT2D eigenvalue weighted by molar-refractivity contribution is 5.98. The lowest BCUT2D eigenvalue weighted by atomic mass is 9.76. The standard InChI is InChI=1S/C13H14N2O4/c16-9-7-15(12(18)19)13(10(9)14-11(13)17)6-8-4-2-1-3-5-8/h1-5,9-10,16H,6-7H2,(H,14,17)(H,18,19)/t9-,10+,13-/m0/s1. The number of nitrogens with zero attached hydrogens (tertiary/aromatic N) is 1. The lowest BCUT2D eigenvalue weighted by molar-refractivity contribution is -0.144. The highest BCUT2D eigenvalue weighted by Gasteiger charge is 2.67. The number of carboxylic acid groups (broad SMARTS) is 1. The van der Waals surface area contributed by atoms with Gasteiger partial charge in [-0.1, -0.05) is 30.3 Å². The van der Waals surface area contributed by atoms with Crippen molar-refractivity contribution in [2.45, 2.75) is 24.1 Å². The number of β-lactam (4-membered cyclic amide) rings is 1. The van der Waals surface area contributed by atoms with E-state index in [2.05, 4.69) is 5.32 Å². The number of aliphatic hydroxyl groups is 1. The van der Waals surface area contributed by atoms with Crippen molar-refractivity contribution in [3.8, 4) is 0 Å². The Balaban J connectivity index is 1.98. The fourth-order valence-electron chi connectivity index (χ4n) is 3.05. The van der Waals surface area contributed by atoms with Gasteiger partial charge in [-0.2, -0.15) is 0 Å². The smallest absolute Gasteiger partial charge is 0.408 e. The first-order valence-electron chi connectivity index (χ1n) is 6.09. The number of hydrogen-bond acceptors (Lipinski definition) is 3. The molecule has 2 amide bonds. The molecule has 0 spiro atoms. The van der Waals surface area contributed by atoms with Gasteiger partial charge in [-0.15, -0.1) is 0 Å². The van der Waals surface area contributed by atoms with Crippen molar-refractivity contribution in [1.29, 1.82) is 0 Å². The number of fused-ring (bicyclic) bond motifs is 1. The summed E-state index contributed by atoms with van der Waals surface area (Å²) in [6, 6.07) is 8.72. The van der Waals surface area contributed by atoms with E-state index in [0.29, 0.717) is 0 Å². The molecule has 2 aliphatic rings. The van der Waals surface area contributed by atoms with E-state index in [-0.39, 0.29) is 18.9 Å². The largest absolute Gasteiger partial charge is 0.465 e. The first kappa shape index (κ1) is 12.0. The van der Waals surface area contributed by atoms with E-state index >= 15 is 0 Å². The van der Waals surface area contributed by atoms with Gasteiger partial charge in [0.1, 0.15) is 0 Å². The minimum Gasteiger partial charge on any atom is -0.465 e. The molecule has 2 heterocycles. The summed E-state index contributed by atoms with van der Waals surface area (Å²) in [5, 5.41) is 21.7. The first-order valence-corrected chi connectivity index (χ1v) is 6.09. The molecule has 19 heavy (non-hydrogen) atoms. The van der Waals surface area contributed by atoms with Crippen molar-refractivity contribution in [2.24, 2.45) is 0 Å². The maximum atomic E-state index is 12.0. The minimum absolute atomic E-state index is 0.0361. The van der Waals surface area contributed by atoms with E-state index in [1.165, 1.54) is 0 Å². The van der Waals surface area contributed by atoms with Gasteiger partial charge in [-0.3, -0.25) is 9.69 Å². The van der Waals surface area contributed by atoms with Gasteiger partial charge in [0.05, 0.1) is 18.7 Å². The first-order chi connectivity index (χ1) is 9.05. The molecule has 0 bridgehead atoms. The summed E-state index contributed by atoms with van der Waals surface area (Å²) in [6.45, 7) is -0.0361. The van der Waals surface area contributed by atoms with Crippen LogP contribution in [0.3, 0.4) is 0 Å². The lowest BCUT2D eigenvalue weighted by Gasteiger charge is -2.47. The summed E-state index contributed by atoms with van der Waals surface area (Å²) in [5.74, 6) is -0.333. The van der Waals surface area contributed by atoms with Crippen LogP contribution in [0.1, 0.15) is 5.56 Å². The quantitative estimate of drug-likeness (QED) is 0.645. The van der Waals surface area contributed by atoms with Crippen LogP contribution in [0.5, 0.6) is 0 Å². The Bertz CT molecular complexity index is 533. The van der Waals surface area contributed by atoms with Gasteiger partial charge >= 0.3 is 6.09 Å². The molecule has 3 atom stereocenters. The molecule has 0 aliphatic carbocycles. The van der Waals surface area contributed by atoms with E-state index in [0.717, 1.165) is 10.5 Å². The van der Waals surface area contributed by atoms with Crippen LogP contribution < -0.4 is 5.32 Å². The second kappa shape index (κ2) is 3.96. The molecule has 0 saturated carbocycles. The van der Waals surface area contributed by atoms with Gasteiger partial charge in [0, 0.05) is 6.42 Å². The maximum Gasteiger partial charge on any atom is 0.408 e. The van der Waals surface area contributed by atoms with Crippen LogP contribution in [-0.4, -0.2) is 51.3 Å². The Labute approximate surface area is 109 Å². The second-order valence-corrected chi connectivity index (χ2v) is 5.00. The number of carbonyl (C=O) groups is 2. The summed E-state index contributed by atoms with van der Waals surface area (Å²) < 4.78 is 0. The summed E-state index contributed by atoms with van der Waals surface area (Å²) >= 11 is 0. The molecule has 3 rings (SSSR count). The molecule has 100 valence electrons. The molecule has 2 saturated heterocycles. The Morgan fingerprint density at radius 2 is 2.11 bits per heavy atom. The van der Waals surface area contributed by atoms with Crippen molar-refractivity contribution in [3.05, 3.63) is 35.9 Å². The number of nitrogens with one attached hydrogen (secondary N) is 1. The van der Waals surface area contributed by atoms with Crippen LogP contribution in [0.4, 0.5) is 4.79 Å². The Morgan fingerprint density at radius 1 is 1.42 bits per heavy atom. The molecule has 2 aliphatic heterocycles. The number of amides is 2. The van der Waals surface area contributed by atoms with Gasteiger partial charge in [0.25, 0.3) is 0 Å². The van der Waals surface area contributed by atoms with E-state index in [1.54, 1.807) is 0 Å². The van der Waals surface area contributed by atoms with Crippen molar-refractivity contribution in [2.75, 3.05) is 6.54 Å². The van der Waals surface area contributed by atoms with Crippen LogP contribution in [-0.2, 0) is 11.2 Å².